The van der Waals surface area contributed by atoms with Gasteiger partial charge in [-0.2, -0.15) is 5.10 Å². The maximum absolute atomic E-state index is 13.2. The highest BCUT2D eigenvalue weighted by Crippen LogP contribution is 2.23. The molecule has 7 nitrogen and oxygen atoms in total. The van der Waals surface area contributed by atoms with Crippen molar-refractivity contribution in [2.75, 3.05) is 13.7 Å². The van der Waals surface area contributed by atoms with Crippen LogP contribution in [0.2, 0.25) is 0 Å². The maximum Gasteiger partial charge on any atom is 0.326 e. The van der Waals surface area contributed by atoms with Crippen LogP contribution in [-0.4, -0.2) is 57.5 Å². The average molecular weight is 347 g/mol. The number of halogens is 1. The molecule has 8 heteroatoms. The van der Waals surface area contributed by atoms with Crippen LogP contribution in [0.4, 0.5) is 4.39 Å². The average Bonchev–Trinajstić information content (AvgIpc) is 3.21. The molecule has 25 heavy (non-hydrogen) atoms. The Balaban J connectivity index is 1.86. The van der Waals surface area contributed by atoms with E-state index in [4.69, 9.17) is 4.74 Å². The highest BCUT2D eigenvalue weighted by Gasteiger charge is 2.40. The number of hydrogen-bond donors (Lipinski definition) is 1. The lowest BCUT2D eigenvalue weighted by molar-refractivity contribution is -0.141. The molecular weight excluding hydrogens is 329 g/mol. The Kier molecular flexibility index (Phi) is 4.54. The van der Waals surface area contributed by atoms with Gasteiger partial charge >= 0.3 is 5.97 Å². The van der Waals surface area contributed by atoms with Crippen LogP contribution in [0.1, 0.15) is 22.5 Å². The fourth-order valence-corrected chi connectivity index (χ4v) is 3.02. The lowest BCUT2D eigenvalue weighted by atomic mass is 10.2. The van der Waals surface area contributed by atoms with Gasteiger partial charge in [0.15, 0.2) is 5.69 Å². The summed E-state index contributed by atoms with van der Waals surface area (Å²) in [5.41, 5.74) is 1.45. The third kappa shape index (κ3) is 3.25. The molecule has 2 aromatic rings. The molecule has 1 amide bonds. The molecule has 2 unspecified atom stereocenters. The second kappa shape index (κ2) is 6.64. The predicted molar refractivity (Wildman–Crippen MR) is 86.1 cm³/mol. The van der Waals surface area contributed by atoms with E-state index in [9.17, 15) is 19.1 Å². The van der Waals surface area contributed by atoms with Crippen molar-refractivity contribution < 1.29 is 23.8 Å². The van der Waals surface area contributed by atoms with E-state index < -0.39 is 17.9 Å². The number of hydrogen-bond acceptors (Lipinski definition) is 4. The summed E-state index contributed by atoms with van der Waals surface area (Å²) in [6, 6.07) is 4.85. The number of likely N-dealkylation sites (tertiary alicyclic amines) is 1. The first-order chi connectivity index (χ1) is 11.9. The molecule has 2 atom stereocenters. The smallest absolute Gasteiger partial charge is 0.326 e. The van der Waals surface area contributed by atoms with Gasteiger partial charge in [-0.05, 0) is 36.8 Å². The van der Waals surface area contributed by atoms with Crippen molar-refractivity contribution in [2.45, 2.75) is 25.5 Å². The lowest BCUT2D eigenvalue weighted by Gasteiger charge is -2.19. The predicted octanol–water partition coefficient (Wildman–Crippen LogP) is 1.63. The first-order valence-corrected chi connectivity index (χ1v) is 7.79. The maximum atomic E-state index is 13.2. The van der Waals surface area contributed by atoms with Gasteiger partial charge in [0.25, 0.3) is 5.91 Å². The summed E-state index contributed by atoms with van der Waals surface area (Å²) in [6.07, 6.45) is 1.52. The van der Waals surface area contributed by atoms with Gasteiger partial charge in [-0.15, -0.1) is 0 Å². The van der Waals surface area contributed by atoms with Crippen LogP contribution in [0.25, 0.3) is 5.69 Å². The molecule has 0 aliphatic carbocycles. The number of carboxylic acids is 1. The van der Waals surface area contributed by atoms with Gasteiger partial charge in [0.1, 0.15) is 11.9 Å². The number of carbonyl (C=O) groups excluding carboxylic acids is 1. The van der Waals surface area contributed by atoms with Crippen LogP contribution < -0.4 is 0 Å². The monoisotopic (exact) mass is 347 g/mol. The van der Waals surface area contributed by atoms with Gasteiger partial charge in [-0.3, -0.25) is 4.79 Å². The summed E-state index contributed by atoms with van der Waals surface area (Å²) in [7, 11) is 1.49. The summed E-state index contributed by atoms with van der Waals surface area (Å²) in [4.78, 5) is 25.3. The van der Waals surface area contributed by atoms with Gasteiger partial charge in [-0.1, -0.05) is 0 Å². The van der Waals surface area contributed by atoms with E-state index in [-0.39, 0.29) is 30.6 Å². The highest BCUT2D eigenvalue weighted by atomic mass is 19.1. The molecule has 3 rings (SSSR count). The van der Waals surface area contributed by atoms with Crippen LogP contribution in [0.15, 0.2) is 30.5 Å². The molecular formula is C17H18FN3O4. The van der Waals surface area contributed by atoms with E-state index in [0.29, 0.717) is 11.3 Å². The van der Waals surface area contributed by atoms with Gasteiger partial charge in [0.05, 0.1) is 11.8 Å². The van der Waals surface area contributed by atoms with E-state index in [1.54, 1.807) is 19.2 Å². The first kappa shape index (κ1) is 17.1. The Morgan fingerprint density at radius 1 is 1.36 bits per heavy atom. The third-order valence-corrected chi connectivity index (χ3v) is 4.36. The van der Waals surface area contributed by atoms with Crippen molar-refractivity contribution in [1.82, 2.24) is 14.7 Å². The Morgan fingerprint density at radius 3 is 2.76 bits per heavy atom. The number of carbonyl (C=O) groups is 2. The lowest BCUT2D eigenvalue weighted by Crippen LogP contribution is -2.40. The number of rotatable bonds is 4. The first-order valence-electron chi connectivity index (χ1n) is 7.79. The molecule has 1 N–H and O–H groups in total. The van der Waals surface area contributed by atoms with E-state index >= 15 is 0 Å². The number of aryl methyl sites for hydroxylation is 1. The number of methoxy groups -OCH3 is 1. The highest BCUT2D eigenvalue weighted by molar-refractivity contribution is 5.95. The van der Waals surface area contributed by atoms with E-state index in [0.717, 1.165) is 0 Å². The van der Waals surface area contributed by atoms with Crippen LogP contribution in [0.5, 0.6) is 0 Å². The summed E-state index contributed by atoms with van der Waals surface area (Å²) < 4.78 is 19.9. The zero-order valence-electron chi connectivity index (χ0n) is 13.8. The summed E-state index contributed by atoms with van der Waals surface area (Å²) >= 11 is 0. The summed E-state index contributed by atoms with van der Waals surface area (Å²) in [5, 5.41) is 13.6. The molecule has 1 aromatic carbocycles. The Morgan fingerprint density at radius 2 is 2.12 bits per heavy atom. The minimum atomic E-state index is -1.07. The van der Waals surface area contributed by atoms with Crippen molar-refractivity contribution in [3.63, 3.8) is 0 Å². The van der Waals surface area contributed by atoms with Gasteiger partial charge in [0, 0.05) is 26.3 Å². The number of benzene rings is 1. The third-order valence-electron chi connectivity index (χ3n) is 4.36. The number of ether oxygens (including phenoxy) is 1. The molecule has 0 radical (unpaired) electrons. The standard InChI is InChI=1S/C17H18FN3O4/c1-10-7-11(18)3-4-14(10)21-6-5-13(19-21)16(22)20-9-12(25-2)8-15(20)17(23)24/h3-7,12,15H,8-9H2,1-2H3,(H,23,24). The molecule has 1 aliphatic rings. The van der Waals surface area contributed by atoms with Crippen LogP contribution in [0, 0.1) is 12.7 Å². The van der Waals surface area contributed by atoms with Gasteiger partial charge in [0.2, 0.25) is 0 Å². The minimum Gasteiger partial charge on any atom is -0.480 e. The Bertz CT molecular complexity index is 820. The van der Waals surface area contributed by atoms with Gasteiger partial charge in [-0.25, -0.2) is 13.9 Å². The number of aliphatic carboxylic acids is 1. The van der Waals surface area contributed by atoms with E-state index in [1.807, 2.05) is 0 Å². The van der Waals surface area contributed by atoms with Crippen LogP contribution in [-0.2, 0) is 9.53 Å². The number of carboxylic acid groups (broad SMARTS) is 1. The molecule has 132 valence electrons. The van der Waals surface area contributed by atoms with Crippen molar-refractivity contribution in [2.24, 2.45) is 0 Å². The number of amides is 1. The van der Waals surface area contributed by atoms with Crippen molar-refractivity contribution in [3.05, 3.63) is 47.5 Å². The number of nitrogens with zero attached hydrogens (tertiary/aromatic N) is 3. The molecule has 1 aromatic heterocycles. The van der Waals surface area contributed by atoms with Gasteiger partial charge < -0.3 is 14.7 Å². The summed E-state index contributed by atoms with van der Waals surface area (Å²) in [6.45, 7) is 1.94. The Labute approximate surface area is 143 Å². The zero-order chi connectivity index (χ0) is 18.1. The van der Waals surface area contributed by atoms with Crippen molar-refractivity contribution in [3.8, 4) is 5.69 Å². The summed E-state index contributed by atoms with van der Waals surface area (Å²) in [5.74, 6) is -1.89. The zero-order valence-corrected chi connectivity index (χ0v) is 13.8. The fourth-order valence-electron chi connectivity index (χ4n) is 3.02. The molecule has 0 spiro atoms. The molecule has 0 bridgehead atoms. The largest absolute Gasteiger partial charge is 0.480 e. The molecule has 1 aliphatic heterocycles. The SMILES string of the molecule is COC1CC(C(=O)O)N(C(=O)c2ccn(-c3ccc(F)cc3C)n2)C1. The minimum absolute atomic E-state index is 0.131. The topological polar surface area (TPSA) is 84.7 Å². The second-order valence-corrected chi connectivity index (χ2v) is 5.98. The quantitative estimate of drug-likeness (QED) is 0.909. The fraction of sp³-hybridized carbons (Fsp3) is 0.353. The van der Waals surface area contributed by atoms with Crippen molar-refractivity contribution in [1.29, 1.82) is 0 Å². The van der Waals surface area contributed by atoms with E-state index in [1.165, 1.54) is 34.9 Å². The molecule has 2 heterocycles. The van der Waals surface area contributed by atoms with Crippen molar-refractivity contribution >= 4 is 11.9 Å². The normalized spacial score (nSPS) is 20.0. The number of aromatic nitrogens is 2. The van der Waals surface area contributed by atoms with Crippen LogP contribution >= 0.6 is 0 Å². The second-order valence-electron chi connectivity index (χ2n) is 5.98. The van der Waals surface area contributed by atoms with E-state index in [2.05, 4.69) is 5.10 Å². The molecule has 1 saturated heterocycles. The van der Waals surface area contributed by atoms with Crippen LogP contribution in [0.3, 0.4) is 0 Å². The molecule has 0 saturated carbocycles. The Hall–Kier alpha value is -2.74. The molecule has 1 fully saturated rings.